The van der Waals surface area contributed by atoms with Gasteiger partial charge in [0.25, 0.3) is 9.04 Å². The standard InChI is InChI=1S/C14H20O2S2Si/c1-15-9-3-2-4-10-16-19(13-7-5-11-17-13)14-8-6-12-18-14/h5-8,11-12,19H,2-4,9-10H2,1H3. The van der Waals surface area contributed by atoms with Gasteiger partial charge in [-0.1, -0.05) is 12.1 Å². The highest BCUT2D eigenvalue weighted by molar-refractivity contribution is 7.29. The molecular weight excluding hydrogens is 292 g/mol. The van der Waals surface area contributed by atoms with Crippen LogP contribution in [-0.4, -0.2) is 29.4 Å². The third kappa shape index (κ3) is 4.85. The van der Waals surface area contributed by atoms with Crippen LogP contribution in [-0.2, 0) is 9.16 Å². The van der Waals surface area contributed by atoms with Gasteiger partial charge in [0, 0.05) is 29.3 Å². The second-order valence-electron chi connectivity index (χ2n) is 4.34. The molecule has 2 nitrogen and oxygen atoms in total. The minimum atomic E-state index is -1.41. The fraction of sp³-hybridized carbons (Fsp3) is 0.429. The van der Waals surface area contributed by atoms with E-state index < -0.39 is 9.04 Å². The van der Waals surface area contributed by atoms with Gasteiger partial charge in [0.2, 0.25) is 0 Å². The monoisotopic (exact) mass is 312 g/mol. The lowest BCUT2D eigenvalue weighted by Gasteiger charge is -2.13. The third-order valence-electron chi connectivity index (χ3n) is 2.88. The molecule has 19 heavy (non-hydrogen) atoms. The lowest BCUT2D eigenvalue weighted by molar-refractivity contribution is 0.189. The fourth-order valence-corrected chi connectivity index (χ4v) is 7.29. The van der Waals surface area contributed by atoms with Crippen molar-refractivity contribution in [2.24, 2.45) is 0 Å². The average molecular weight is 313 g/mol. The molecule has 0 atom stereocenters. The molecule has 0 radical (unpaired) electrons. The van der Waals surface area contributed by atoms with Gasteiger partial charge < -0.3 is 9.16 Å². The zero-order valence-electron chi connectivity index (χ0n) is 11.2. The van der Waals surface area contributed by atoms with Crippen LogP contribution in [0.5, 0.6) is 0 Å². The van der Waals surface area contributed by atoms with E-state index in [1.54, 1.807) is 7.11 Å². The van der Waals surface area contributed by atoms with Crippen molar-refractivity contribution in [2.45, 2.75) is 19.3 Å². The number of methoxy groups -OCH3 is 1. The molecule has 104 valence electrons. The fourth-order valence-electron chi connectivity index (χ4n) is 1.91. The summed E-state index contributed by atoms with van der Waals surface area (Å²) in [6.07, 6.45) is 3.44. The van der Waals surface area contributed by atoms with E-state index in [1.165, 1.54) is 15.4 Å². The van der Waals surface area contributed by atoms with Gasteiger partial charge in [0.15, 0.2) is 0 Å². The first-order valence-electron chi connectivity index (χ1n) is 6.59. The second-order valence-corrected chi connectivity index (χ2v) is 9.47. The van der Waals surface area contributed by atoms with Crippen LogP contribution >= 0.6 is 22.7 Å². The van der Waals surface area contributed by atoms with Crippen LogP contribution in [0.25, 0.3) is 0 Å². The molecule has 5 heteroatoms. The van der Waals surface area contributed by atoms with Gasteiger partial charge in [0.05, 0.1) is 0 Å². The molecule has 0 aliphatic rings. The SMILES string of the molecule is COCCCCCO[SiH](c1cccs1)c1cccs1. The number of thiophene rings is 2. The van der Waals surface area contributed by atoms with Crippen molar-refractivity contribution in [3.8, 4) is 0 Å². The Morgan fingerprint density at radius 1 is 0.947 bits per heavy atom. The van der Waals surface area contributed by atoms with E-state index in [4.69, 9.17) is 9.16 Å². The summed E-state index contributed by atoms with van der Waals surface area (Å²) in [7, 11) is 0.351. The minimum Gasteiger partial charge on any atom is -0.409 e. The Morgan fingerprint density at radius 2 is 1.58 bits per heavy atom. The number of ether oxygens (including phenoxy) is 1. The summed E-state index contributed by atoms with van der Waals surface area (Å²) in [5.74, 6) is 0. The third-order valence-corrected chi connectivity index (χ3v) is 8.37. The normalized spacial score (nSPS) is 11.3. The smallest absolute Gasteiger partial charge is 0.259 e. The van der Waals surface area contributed by atoms with Crippen molar-refractivity contribution >= 4 is 40.7 Å². The maximum atomic E-state index is 6.23. The lowest BCUT2D eigenvalue weighted by Crippen LogP contribution is -2.42. The Labute approximate surface area is 124 Å². The van der Waals surface area contributed by atoms with Crippen molar-refractivity contribution in [2.75, 3.05) is 20.3 Å². The van der Waals surface area contributed by atoms with E-state index >= 15 is 0 Å². The van der Waals surface area contributed by atoms with E-state index in [0.717, 1.165) is 26.1 Å². The van der Waals surface area contributed by atoms with E-state index in [1.807, 2.05) is 22.7 Å². The molecule has 0 bridgehead atoms. The predicted octanol–water partition coefficient (Wildman–Crippen LogP) is 2.48. The van der Waals surface area contributed by atoms with Crippen molar-refractivity contribution in [3.63, 3.8) is 0 Å². The highest BCUT2D eigenvalue weighted by atomic mass is 32.1. The summed E-state index contributed by atoms with van der Waals surface area (Å²) in [6.45, 7) is 1.73. The van der Waals surface area contributed by atoms with Crippen molar-refractivity contribution in [3.05, 3.63) is 35.0 Å². The second kappa shape index (κ2) is 8.66. The van der Waals surface area contributed by atoms with Crippen LogP contribution < -0.4 is 9.00 Å². The Kier molecular flexibility index (Phi) is 6.81. The van der Waals surface area contributed by atoms with E-state index in [9.17, 15) is 0 Å². The first-order valence-corrected chi connectivity index (χ1v) is 9.97. The Morgan fingerprint density at radius 3 is 2.11 bits per heavy atom. The van der Waals surface area contributed by atoms with E-state index in [2.05, 4.69) is 35.0 Å². The van der Waals surface area contributed by atoms with E-state index in [-0.39, 0.29) is 0 Å². The maximum absolute atomic E-state index is 6.23. The average Bonchev–Trinajstić information content (AvgIpc) is 3.11. The first-order chi connectivity index (χ1) is 9.42. The summed E-state index contributed by atoms with van der Waals surface area (Å²) in [6, 6.07) is 8.67. The van der Waals surface area contributed by atoms with Gasteiger partial charge in [-0.15, -0.1) is 0 Å². The van der Waals surface area contributed by atoms with Crippen LogP contribution in [0, 0.1) is 0 Å². The molecule has 0 spiro atoms. The van der Waals surface area contributed by atoms with Gasteiger partial charge >= 0.3 is 0 Å². The lowest BCUT2D eigenvalue weighted by atomic mass is 10.2. The Hall–Kier alpha value is -0.463. The van der Waals surface area contributed by atoms with Crippen LogP contribution in [0.15, 0.2) is 35.0 Å². The van der Waals surface area contributed by atoms with Crippen molar-refractivity contribution in [1.82, 2.24) is 0 Å². The molecule has 2 aromatic heterocycles. The molecule has 0 saturated heterocycles. The van der Waals surface area contributed by atoms with Gasteiger partial charge in [0.1, 0.15) is 0 Å². The first kappa shape index (κ1) is 14.9. The molecule has 0 saturated carbocycles. The summed E-state index contributed by atoms with van der Waals surface area (Å²) < 4.78 is 14.1. The molecular formula is C14H20O2S2Si. The molecule has 0 aliphatic heterocycles. The summed E-state index contributed by atoms with van der Waals surface area (Å²) in [5.41, 5.74) is 0. The molecule has 0 unspecified atom stereocenters. The summed E-state index contributed by atoms with van der Waals surface area (Å²) in [5, 5.41) is 4.29. The molecule has 0 fully saturated rings. The van der Waals surface area contributed by atoms with Crippen LogP contribution in [0.4, 0.5) is 0 Å². The van der Waals surface area contributed by atoms with Crippen LogP contribution in [0.2, 0.25) is 0 Å². The van der Waals surface area contributed by atoms with Crippen molar-refractivity contribution < 1.29 is 9.16 Å². The number of hydrogen-bond donors (Lipinski definition) is 0. The molecule has 0 aliphatic carbocycles. The van der Waals surface area contributed by atoms with Gasteiger partial charge in [-0.2, -0.15) is 22.7 Å². The highest BCUT2D eigenvalue weighted by Crippen LogP contribution is 2.05. The highest BCUT2D eigenvalue weighted by Gasteiger charge is 2.19. The van der Waals surface area contributed by atoms with Gasteiger partial charge in [-0.05, 0) is 42.2 Å². The minimum absolute atomic E-state index is 0.858. The topological polar surface area (TPSA) is 18.5 Å². The van der Waals surface area contributed by atoms with Crippen molar-refractivity contribution in [1.29, 1.82) is 0 Å². The van der Waals surface area contributed by atoms with Crippen LogP contribution in [0.3, 0.4) is 0 Å². The number of unbranched alkanes of at least 4 members (excludes halogenated alkanes) is 2. The largest absolute Gasteiger partial charge is 0.409 e. The Balaban J connectivity index is 1.82. The van der Waals surface area contributed by atoms with Crippen LogP contribution in [0.1, 0.15) is 19.3 Å². The molecule has 2 heterocycles. The zero-order valence-corrected chi connectivity index (χ0v) is 14.0. The van der Waals surface area contributed by atoms with E-state index in [0.29, 0.717) is 0 Å². The number of rotatable bonds is 9. The quantitative estimate of drug-likeness (QED) is 0.523. The molecule has 0 aromatic carbocycles. The summed E-state index contributed by atoms with van der Waals surface area (Å²) in [4.78, 5) is 0. The Bertz CT molecular complexity index is 394. The van der Waals surface area contributed by atoms with Gasteiger partial charge in [-0.3, -0.25) is 0 Å². The molecule has 0 amide bonds. The molecule has 0 N–H and O–H groups in total. The molecule has 2 aromatic rings. The maximum Gasteiger partial charge on any atom is 0.259 e. The summed E-state index contributed by atoms with van der Waals surface area (Å²) >= 11 is 3.65. The molecule has 2 rings (SSSR count). The predicted molar refractivity (Wildman–Crippen MR) is 86.7 cm³/mol. The number of hydrogen-bond acceptors (Lipinski definition) is 4. The van der Waals surface area contributed by atoms with Gasteiger partial charge in [-0.25, -0.2) is 0 Å². The zero-order chi connectivity index (χ0) is 13.3.